The van der Waals surface area contributed by atoms with Crippen molar-refractivity contribution in [2.45, 2.75) is 18.4 Å². The van der Waals surface area contributed by atoms with Gasteiger partial charge in [0.1, 0.15) is 5.75 Å². The normalized spacial score (nSPS) is 21.5. The number of ether oxygens (including phenoxy) is 1. The average Bonchev–Trinajstić information content (AvgIpc) is 2.95. The van der Waals surface area contributed by atoms with E-state index in [4.69, 9.17) is 4.74 Å². The molecular weight excluding hydrogens is 308 g/mol. The van der Waals surface area contributed by atoms with Crippen molar-refractivity contribution in [3.8, 4) is 5.75 Å². The lowest BCUT2D eigenvalue weighted by atomic mass is 9.92. The van der Waals surface area contributed by atoms with Crippen molar-refractivity contribution in [1.29, 1.82) is 0 Å². The molecule has 7 heteroatoms. The molecule has 0 spiro atoms. The quantitative estimate of drug-likeness (QED) is 0.876. The van der Waals surface area contributed by atoms with Crippen LogP contribution in [0.3, 0.4) is 0 Å². The number of likely N-dealkylation sites (N-methyl/N-ethyl adjacent to an activating group) is 1. The van der Waals surface area contributed by atoms with E-state index >= 15 is 0 Å². The minimum atomic E-state index is -0.874. The number of rotatable bonds is 4. The number of aromatic nitrogens is 2. The summed E-state index contributed by atoms with van der Waals surface area (Å²) < 4.78 is 5.24. The van der Waals surface area contributed by atoms with Gasteiger partial charge in [0, 0.05) is 18.5 Å². The van der Waals surface area contributed by atoms with E-state index in [-0.39, 0.29) is 5.91 Å². The molecule has 1 saturated heterocycles. The van der Waals surface area contributed by atoms with Crippen LogP contribution in [0.4, 0.5) is 0 Å². The number of methoxy groups -OCH3 is 1. The van der Waals surface area contributed by atoms with E-state index in [9.17, 15) is 9.90 Å². The Hall–Kier alpha value is -2.12. The van der Waals surface area contributed by atoms with Gasteiger partial charge in [-0.15, -0.1) is 0 Å². The van der Waals surface area contributed by atoms with Crippen LogP contribution in [0.5, 0.6) is 5.75 Å². The minimum Gasteiger partial charge on any atom is -0.497 e. The Bertz CT molecular complexity index is 743. The van der Waals surface area contributed by atoms with Crippen LogP contribution in [0, 0.1) is 0 Å². The number of carbonyl (C=O) groups is 1. The van der Waals surface area contributed by atoms with Crippen molar-refractivity contribution in [1.82, 2.24) is 20.0 Å². The van der Waals surface area contributed by atoms with Gasteiger partial charge in [0.25, 0.3) is 5.91 Å². The second-order valence-corrected chi connectivity index (χ2v) is 6.78. The van der Waals surface area contributed by atoms with Gasteiger partial charge in [0.05, 0.1) is 24.8 Å². The monoisotopic (exact) mass is 332 g/mol. The number of H-pyrrole nitrogens is 1. The first kappa shape index (κ1) is 16.7. The van der Waals surface area contributed by atoms with E-state index in [2.05, 4.69) is 10.2 Å². The fraction of sp³-hybridized carbons (Fsp3) is 0.529. The van der Waals surface area contributed by atoms with Crippen LogP contribution in [0.15, 0.2) is 18.2 Å². The van der Waals surface area contributed by atoms with Crippen molar-refractivity contribution in [3.05, 3.63) is 23.9 Å². The lowest BCUT2D eigenvalue weighted by molar-refractivity contribution is -0.0392. The molecule has 1 aliphatic rings. The van der Waals surface area contributed by atoms with Gasteiger partial charge in [0.2, 0.25) is 0 Å². The SMILES string of the molecule is COc1ccc2[nH]nc(C(=O)N3CCC[C@@](O)(CN(C)C)C3)c2c1. The maximum Gasteiger partial charge on any atom is 0.275 e. The number of nitrogens with zero attached hydrogens (tertiary/aromatic N) is 3. The van der Waals surface area contributed by atoms with Gasteiger partial charge in [-0.2, -0.15) is 5.10 Å². The molecule has 2 heterocycles. The molecule has 0 saturated carbocycles. The highest BCUT2D eigenvalue weighted by Gasteiger charge is 2.36. The summed E-state index contributed by atoms with van der Waals surface area (Å²) in [5.41, 5.74) is 0.291. The number of hydrogen-bond donors (Lipinski definition) is 2. The van der Waals surface area contributed by atoms with Gasteiger partial charge in [-0.05, 0) is 45.1 Å². The summed E-state index contributed by atoms with van der Waals surface area (Å²) in [6.07, 6.45) is 1.48. The highest BCUT2D eigenvalue weighted by molar-refractivity contribution is 6.05. The summed E-state index contributed by atoms with van der Waals surface area (Å²) in [4.78, 5) is 16.6. The average molecular weight is 332 g/mol. The van der Waals surface area contributed by atoms with Crippen molar-refractivity contribution >= 4 is 16.8 Å². The fourth-order valence-electron chi connectivity index (χ4n) is 3.44. The number of benzene rings is 1. The van der Waals surface area contributed by atoms with Gasteiger partial charge in [-0.25, -0.2) is 0 Å². The zero-order valence-corrected chi connectivity index (χ0v) is 14.4. The molecule has 0 bridgehead atoms. The molecule has 1 aromatic heterocycles. The van der Waals surface area contributed by atoms with E-state index in [0.29, 0.717) is 37.5 Å². The third-order valence-corrected chi connectivity index (χ3v) is 4.43. The smallest absolute Gasteiger partial charge is 0.275 e. The van der Waals surface area contributed by atoms with Crippen LogP contribution in [0.25, 0.3) is 10.9 Å². The molecule has 0 aliphatic carbocycles. The number of nitrogens with one attached hydrogen (secondary N) is 1. The molecule has 3 rings (SSSR count). The lowest BCUT2D eigenvalue weighted by Gasteiger charge is -2.40. The molecule has 1 atom stereocenters. The maximum absolute atomic E-state index is 12.9. The van der Waals surface area contributed by atoms with Crippen LogP contribution in [0.1, 0.15) is 23.3 Å². The Morgan fingerprint density at radius 3 is 3.00 bits per heavy atom. The Morgan fingerprint density at radius 2 is 2.29 bits per heavy atom. The molecule has 2 N–H and O–H groups in total. The minimum absolute atomic E-state index is 0.161. The van der Waals surface area contributed by atoms with Crippen LogP contribution >= 0.6 is 0 Å². The molecule has 1 fully saturated rings. The Kier molecular flexibility index (Phi) is 4.47. The number of aromatic amines is 1. The number of hydrogen-bond acceptors (Lipinski definition) is 5. The first-order chi connectivity index (χ1) is 11.4. The third kappa shape index (κ3) is 3.22. The Labute approximate surface area is 141 Å². The van der Waals surface area contributed by atoms with Gasteiger partial charge in [0.15, 0.2) is 5.69 Å². The predicted molar refractivity (Wildman–Crippen MR) is 91.3 cm³/mol. The molecule has 2 aromatic rings. The molecular formula is C17H24N4O3. The Morgan fingerprint density at radius 1 is 1.50 bits per heavy atom. The van der Waals surface area contributed by atoms with Gasteiger partial charge in [-0.1, -0.05) is 0 Å². The first-order valence-electron chi connectivity index (χ1n) is 8.10. The third-order valence-electron chi connectivity index (χ3n) is 4.43. The van der Waals surface area contributed by atoms with Crippen molar-refractivity contribution in [2.24, 2.45) is 0 Å². The van der Waals surface area contributed by atoms with Crippen molar-refractivity contribution in [3.63, 3.8) is 0 Å². The molecule has 1 amide bonds. The first-order valence-corrected chi connectivity index (χ1v) is 8.10. The summed E-state index contributed by atoms with van der Waals surface area (Å²) in [5, 5.41) is 18.6. The van der Waals surface area contributed by atoms with Crippen molar-refractivity contribution in [2.75, 3.05) is 40.8 Å². The molecule has 130 valence electrons. The summed E-state index contributed by atoms with van der Waals surface area (Å²) in [7, 11) is 5.44. The fourth-order valence-corrected chi connectivity index (χ4v) is 3.44. The molecule has 1 aromatic carbocycles. The number of carbonyl (C=O) groups excluding carboxylic acids is 1. The Balaban J connectivity index is 1.86. The number of likely N-dealkylation sites (tertiary alicyclic amines) is 1. The predicted octanol–water partition coefficient (Wildman–Crippen LogP) is 1.10. The number of piperidine rings is 1. The summed E-state index contributed by atoms with van der Waals surface area (Å²) in [6, 6.07) is 5.48. The molecule has 0 unspecified atom stereocenters. The number of β-amino-alcohol motifs (C(OH)–C–C–N with tert-alkyl or cyclic N) is 1. The standard InChI is InChI=1S/C17H24N4O3/c1-20(2)10-17(23)7-4-8-21(11-17)16(22)15-13-9-12(24-3)5-6-14(13)18-19-15/h5-6,9,23H,4,7-8,10-11H2,1-3H3,(H,18,19)/t17-/m1/s1. The summed E-state index contributed by atoms with van der Waals surface area (Å²) in [5.74, 6) is 0.520. The second-order valence-electron chi connectivity index (χ2n) is 6.78. The maximum atomic E-state index is 12.9. The number of amides is 1. The molecule has 0 radical (unpaired) electrons. The van der Waals surface area contributed by atoms with Crippen molar-refractivity contribution < 1.29 is 14.6 Å². The van der Waals surface area contributed by atoms with Crippen LogP contribution in [-0.2, 0) is 0 Å². The van der Waals surface area contributed by atoms with E-state index in [0.717, 1.165) is 17.3 Å². The summed E-state index contributed by atoms with van der Waals surface area (Å²) in [6.45, 7) is 1.49. The zero-order chi connectivity index (χ0) is 17.3. The van der Waals surface area contributed by atoms with Crippen LogP contribution in [-0.4, -0.2) is 77.5 Å². The van der Waals surface area contributed by atoms with Gasteiger partial charge >= 0.3 is 0 Å². The van der Waals surface area contributed by atoms with Crippen LogP contribution < -0.4 is 4.74 Å². The molecule has 7 nitrogen and oxygen atoms in total. The van der Waals surface area contributed by atoms with E-state index < -0.39 is 5.60 Å². The number of fused-ring (bicyclic) bond motifs is 1. The van der Waals surface area contributed by atoms with Gasteiger partial charge in [-0.3, -0.25) is 9.89 Å². The summed E-state index contributed by atoms with van der Waals surface area (Å²) >= 11 is 0. The number of aliphatic hydroxyl groups is 1. The second kappa shape index (κ2) is 6.41. The van der Waals surface area contributed by atoms with E-state index in [1.807, 2.05) is 37.2 Å². The zero-order valence-electron chi connectivity index (χ0n) is 14.4. The highest BCUT2D eigenvalue weighted by atomic mass is 16.5. The van der Waals surface area contributed by atoms with E-state index in [1.54, 1.807) is 12.0 Å². The van der Waals surface area contributed by atoms with Gasteiger partial charge < -0.3 is 19.6 Å². The molecule has 1 aliphatic heterocycles. The topological polar surface area (TPSA) is 81.7 Å². The van der Waals surface area contributed by atoms with Crippen LogP contribution in [0.2, 0.25) is 0 Å². The largest absolute Gasteiger partial charge is 0.497 e. The molecule has 24 heavy (non-hydrogen) atoms. The van der Waals surface area contributed by atoms with E-state index in [1.165, 1.54) is 0 Å². The highest BCUT2D eigenvalue weighted by Crippen LogP contribution is 2.26. The lowest BCUT2D eigenvalue weighted by Crippen LogP contribution is -2.54.